The Labute approximate surface area is 112 Å². The Morgan fingerprint density at radius 2 is 2.11 bits per heavy atom. The number of nitrogens with one attached hydrogen (secondary N) is 2. The number of sulfonamides is 1. The minimum absolute atomic E-state index is 0.0947. The van der Waals surface area contributed by atoms with E-state index in [-0.39, 0.29) is 10.7 Å². The molecule has 0 fully saturated rings. The summed E-state index contributed by atoms with van der Waals surface area (Å²) in [6, 6.07) is 3.79. The first-order valence-electron chi connectivity index (χ1n) is 5.54. The van der Waals surface area contributed by atoms with Gasteiger partial charge in [0, 0.05) is 11.6 Å². The lowest BCUT2D eigenvalue weighted by molar-refractivity contribution is 0.578. The van der Waals surface area contributed by atoms with Crippen LogP contribution in [0.5, 0.6) is 0 Å². The van der Waals surface area contributed by atoms with E-state index >= 15 is 0 Å². The van der Waals surface area contributed by atoms with Crippen LogP contribution in [-0.4, -0.2) is 26.8 Å². The van der Waals surface area contributed by atoms with Crippen molar-refractivity contribution in [2.24, 2.45) is 0 Å². The van der Waals surface area contributed by atoms with E-state index < -0.39 is 21.1 Å². The fourth-order valence-corrected chi connectivity index (χ4v) is 2.45. The maximum atomic E-state index is 13.5. The molecule has 102 valence electrons. The van der Waals surface area contributed by atoms with Crippen LogP contribution in [0.2, 0.25) is 5.02 Å². The van der Waals surface area contributed by atoms with Crippen molar-refractivity contribution in [3.8, 4) is 0 Å². The summed E-state index contributed by atoms with van der Waals surface area (Å²) in [5, 5.41) is 2.49. The SMILES string of the molecule is CCNCC(C)S(=O)(=O)Nc1ccc(Cl)cc1F. The highest BCUT2D eigenvalue weighted by Gasteiger charge is 2.21. The first-order chi connectivity index (χ1) is 8.36. The highest BCUT2D eigenvalue weighted by molar-refractivity contribution is 7.93. The van der Waals surface area contributed by atoms with Gasteiger partial charge in [0.25, 0.3) is 0 Å². The molecule has 0 aliphatic rings. The topological polar surface area (TPSA) is 58.2 Å². The van der Waals surface area contributed by atoms with Crippen molar-refractivity contribution in [3.63, 3.8) is 0 Å². The van der Waals surface area contributed by atoms with E-state index in [9.17, 15) is 12.8 Å². The van der Waals surface area contributed by atoms with Crippen LogP contribution < -0.4 is 10.0 Å². The van der Waals surface area contributed by atoms with Gasteiger partial charge in [-0.25, -0.2) is 12.8 Å². The number of hydrogen-bond donors (Lipinski definition) is 2. The molecule has 0 spiro atoms. The third-order valence-electron chi connectivity index (χ3n) is 2.39. The van der Waals surface area contributed by atoms with E-state index in [0.29, 0.717) is 13.1 Å². The molecule has 0 heterocycles. The highest BCUT2D eigenvalue weighted by atomic mass is 35.5. The van der Waals surface area contributed by atoms with E-state index in [1.54, 1.807) is 6.92 Å². The van der Waals surface area contributed by atoms with Gasteiger partial charge in [-0.3, -0.25) is 4.72 Å². The lowest BCUT2D eigenvalue weighted by Crippen LogP contribution is -2.34. The Kier molecular flexibility index (Phi) is 5.37. The minimum Gasteiger partial charge on any atom is -0.316 e. The zero-order chi connectivity index (χ0) is 13.8. The summed E-state index contributed by atoms with van der Waals surface area (Å²) in [5.74, 6) is -0.693. The molecule has 1 atom stereocenters. The Morgan fingerprint density at radius 3 is 2.67 bits per heavy atom. The Balaban J connectivity index is 2.82. The van der Waals surface area contributed by atoms with Crippen molar-refractivity contribution in [1.82, 2.24) is 5.32 Å². The van der Waals surface area contributed by atoms with Gasteiger partial charge in [0.15, 0.2) is 0 Å². The van der Waals surface area contributed by atoms with E-state index in [1.165, 1.54) is 12.1 Å². The molecule has 1 unspecified atom stereocenters. The Hall–Kier alpha value is -0.850. The minimum atomic E-state index is -3.62. The van der Waals surface area contributed by atoms with Crippen LogP contribution >= 0.6 is 11.6 Å². The van der Waals surface area contributed by atoms with Crippen LogP contribution in [0.3, 0.4) is 0 Å². The largest absolute Gasteiger partial charge is 0.316 e. The van der Waals surface area contributed by atoms with E-state index in [2.05, 4.69) is 10.0 Å². The molecule has 7 heteroatoms. The van der Waals surface area contributed by atoms with Crippen molar-refractivity contribution in [2.75, 3.05) is 17.8 Å². The highest BCUT2D eigenvalue weighted by Crippen LogP contribution is 2.20. The molecule has 0 aromatic heterocycles. The predicted octanol–water partition coefficient (Wildman–Crippen LogP) is 2.22. The summed E-state index contributed by atoms with van der Waals surface area (Å²) < 4.78 is 39.5. The number of anilines is 1. The van der Waals surface area contributed by atoms with Crippen LogP contribution in [0.4, 0.5) is 10.1 Å². The fourth-order valence-electron chi connectivity index (χ4n) is 1.28. The molecule has 2 N–H and O–H groups in total. The average Bonchev–Trinajstić information content (AvgIpc) is 2.29. The number of halogens is 2. The van der Waals surface area contributed by atoms with E-state index in [1.807, 2.05) is 6.92 Å². The van der Waals surface area contributed by atoms with Gasteiger partial charge in [-0.05, 0) is 31.7 Å². The van der Waals surface area contributed by atoms with Gasteiger partial charge < -0.3 is 5.32 Å². The van der Waals surface area contributed by atoms with E-state index in [4.69, 9.17) is 11.6 Å². The first kappa shape index (κ1) is 15.2. The van der Waals surface area contributed by atoms with Gasteiger partial charge >= 0.3 is 0 Å². The van der Waals surface area contributed by atoms with Crippen LogP contribution in [0.1, 0.15) is 13.8 Å². The second-order valence-electron chi connectivity index (χ2n) is 3.89. The van der Waals surface area contributed by atoms with Crippen LogP contribution in [-0.2, 0) is 10.0 Å². The maximum absolute atomic E-state index is 13.5. The summed E-state index contributed by atoms with van der Waals surface area (Å²) in [6.45, 7) is 4.42. The molecular weight excluding hydrogens is 279 g/mol. The van der Waals surface area contributed by atoms with Crippen molar-refractivity contribution in [1.29, 1.82) is 0 Å². The van der Waals surface area contributed by atoms with Crippen molar-refractivity contribution in [2.45, 2.75) is 19.1 Å². The van der Waals surface area contributed by atoms with Crippen LogP contribution in [0.15, 0.2) is 18.2 Å². The summed E-state index contributed by atoms with van der Waals surface area (Å²) in [5.41, 5.74) is -0.0947. The van der Waals surface area contributed by atoms with E-state index in [0.717, 1.165) is 6.07 Å². The molecule has 1 aromatic rings. The number of benzene rings is 1. The quantitative estimate of drug-likeness (QED) is 0.846. The molecule has 4 nitrogen and oxygen atoms in total. The van der Waals surface area contributed by atoms with Gasteiger partial charge in [0.2, 0.25) is 10.0 Å². The molecule has 0 saturated carbocycles. The third-order valence-corrected chi connectivity index (χ3v) is 4.36. The molecule has 0 radical (unpaired) electrons. The zero-order valence-corrected chi connectivity index (χ0v) is 11.8. The molecule has 1 rings (SSSR count). The summed E-state index contributed by atoms with van der Waals surface area (Å²) >= 11 is 5.59. The monoisotopic (exact) mass is 294 g/mol. The fraction of sp³-hybridized carbons (Fsp3) is 0.455. The Bertz CT molecular complexity index is 508. The molecule has 0 bridgehead atoms. The first-order valence-corrected chi connectivity index (χ1v) is 7.46. The molecular formula is C11H16ClFN2O2S. The molecule has 0 aliphatic heterocycles. The second-order valence-corrected chi connectivity index (χ2v) is 6.42. The van der Waals surface area contributed by atoms with Crippen molar-refractivity contribution < 1.29 is 12.8 Å². The predicted molar refractivity (Wildman–Crippen MR) is 72.0 cm³/mol. The smallest absolute Gasteiger partial charge is 0.236 e. The normalized spacial score (nSPS) is 13.3. The van der Waals surface area contributed by atoms with Crippen molar-refractivity contribution >= 4 is 27.3 Å². The van der Waals surface area contributed by atoms with Crippen LogP contribution in [0.25, 0.3) is 0 Å². The van der Waals surface area contributed by atoms with Crippen LogP contribution in [0, 0.1) is 5.82 Å². The summed E-state index contributed by atoms with van der Waals surface area (Å²) in [7, 11) is -3.62. The van der Waals surface area contributed by atoms with Gasteiger partial charge in [0.05, 0.1) is 10.9 Å². The zero-order valence-electron chi connectivity index (χ0n) is 10.2. The molecule has 18 heavy (non-hydrogen) atoms. The van der Waals surface area contributed by atoms with Crippen molar-refractivity contribution in [3.05, 3.63) is 29.0 Å². The van der Waals surface area contributed by atoms with Gasteiger partial charge in [0.1, 0.15) is 5.82 Å². The van der Waals surface area contributed by atoms with Gasteiger partial charge in [-0.2, -0.15) is 0 Å². The lowest BCUT2D eigenvalue weighted by atomic mass is 10.3. The van der Waals surface area contributed by atoms with Gasteiger partial charge in [-0.15, -0.1) is 0 Å². The Morgan fingerprint density at radius 1 is 1.44 bits per heavy atom. The second kappa shape index (κ2) is 6.36. The average molecular weight is 295 g/mol. The maximum Gasteiger partial charge on any atom is 0.236 e. The molecule has 0 aliphatic carbocycles. The molecule has 1 aromatic carbocycles. The molecule has 0 saturated heterocycles. The van der Waals surface area contributed by atoms with Gasteiger partial charge in [-0.1, -0.05) is 18.5 Å². The lowest BCUT2D eigenvalue weighted by Gasteiger charge is -2.15. The number of rotatable bonds is 6. The summed E-state index contributed by atoms with van der Waals surface area (Å²) in [6.07, 6.45) is 0. The third kappa shape index (κ3) is 4.12. The number of hydrogen-bond acceptors (Lipinski definition) is 3. The summed E-state index contributed by atoms with van der Waals surface area (Å²) in [4.78, 5) is 0. The standard InChI is InChI=1S/C11H16ClFN2O2S/c1-3-14-7-8(2)18(16,17)15-11-5-4-9(12)6-10(11)13/h4-6,8,14-15H,3,7H2,1-2H3. The molecule has 0 amide bonds.